The van der Waals surface area contributed by atoms with Gasteiger partial charge in [-0.2, -0.15) is 0 Å². The van der Waals surface area contributed by atoms with Crippen molar-refractivity contribution in [3.8, 4) is 0 Å². The number of nitrogens with zero attached hydrogens (tertiary/aromatic N) is 2. The van der Waals surface area contributed by atoms with Gasteiger partial charge in [0.05, 0.1) is 16.8 Å². The number of aromatic nitrogens is 3. The van der Waals surface area contributed by atoms with E-state index < -0.39 is 0 Å². The number of imidazole rings is 1. The molecule has 28 heavy (non-hydrogen) atoms. The first kappa shape index (κ1) is 20.1. The molecule has 0 amide bonds. The van der Waals surface area contributed by atoms with Crippen molar-refractivity contribution < 1.29 is 4.74 Å². The molecule has 154 valence electrons. The fraction of sp³-hybridized carbons (Fsp3) is 0.739. The first-order valence-corrected chi connectivity index (χ1v) is 12.0. The number of nitrogens with one attached hydrogen (secondary N) is 1. The van der Waals surface area contributed by atoms with Crippen LogP contribution in [0.2, 0.25) is 0 Å². The maximum absolute atomic E-state index is 5.59. The van der Waals surface area contributed by atoms with Crippen molar-refractivity contribution in [2.75, 3.05) is 7.11 Å². The molecule has 0 unspecified atom stereocenters. The van der Waals surface area contributed by atoms with Crippen LogP contribution in [-0.2, 0) is 17.6 Å². The van der Waals surface area contributed by atoms with Crippen molar-refractivity contribution in [3.05, 3.63) is 33.3 Å². The van der Waals surface area contributed by atoms with Crippen LogP contribution in [0.1, 0.15) is 97.2 Å². The minimum Gasteiger partial charge on any atom is -0.381 e. The van der Waals surface area contributed by atoms with E-state index in [9.17, 15) is 0 Å². The smallest absolute Gasteiger partial charge is 0.111 e. The highest BCUT2D eigenvalue weighted by molar-refractivity contribution is 7.11. The van der Waals surface area contributed by atoms with Gasteiger partial charge >= 0.3 is 0 Å². The fourth-order valence-electron chi connectivity index (χ4n) is 5.14. The van der Waals surface area contributed by atoms with Crippen molar-refractivity contribution >= 4 is 11.3 Å². The summed E-state index contributed by atoms with van der Waals surface area (Å²) < 4.78 is 5.59. The van der Waals surface area contributed by atoms with Gasteiger partial charge in [0.15, 0.2) is 0 Å². The van der Waals surface area contributed by atoms with Crippen molar-refractivity contribution in [2.24, 2.45) is 5.92 Å². The summed E-state index contributed by atoms with van der Waals surface area (Å²) in [5.74, 6) is 2.65. The molecule has 2 fully saturated rings. The van der Waals surface area contributed by atoms with Gasteiger partial charge in [-0.15, -0.1) is 11.3 Å². The first-order chi connectivity index (χ1) is 13.7. The molecule has 0 atom stereocenters. The summed E-state index contributed by atoms with van der Waals surface area (Å²) in [6.45, 7) is 2.07. The number of hydrogen-bond donors (Lipinski definition) is 1. The molecule has 0 saturated heterocycles. The van der Waals surface area contributed by atoms with E-state index in [1.54, 1.807) is 11.3 Å². The van der Waals surface area contributed by atoms with Crippen LogP contribution in [0.3, 0.4) is 0 Å². The summed E-state index contributed by atoms with van der Waals surface area (Å²) in [6, 6.07) is 0. The quantitative estimate of drug-likeness (QED) is 0.623. The molecule has 0 aliphatic heterocycles. The van der Waals surface area contributed by atoms with Crippen LogP contribution in [0.25, 0.3) is 0 Å². The molecule has 2 aromatic rings. The molecule has 4 nitrogen and oxygen atoms in total. The maximum atomic E-state index is 5.59. The molecule has 2 aliphatic carbocycles. The first-order valence-electron chi connectivity index (χ1n) is 11.2. The van der Waals surface area contributed by atoms with Gasteiger partial charge in [0.2, 0.25) is 0 Å². The molecule has 0 aromatic carbocycles. The number of aromatic amines is 1. The maximum Gasteiger partial charge on any atom is 0.111 e. The Labute approximate surface area is 173 Å². The normalized spacial score (nSPS) is 23.9. The van der Waals surface area contributed by atoms with E-state index in [1.807, 2.05) is 13.3 Å². The lowest BCUT2D eigenvalue weighted by atomic mass is 9.82. The predicted molar refractivity (Wildman–Crippen MR) is 115 cm³/mol. The monoisotopic (exact) mass is 401 g/mol. The minimum atomic E-state index is 0.445. The Hall–Kier alpha value is -1.20. The van der Waals surface area contributed by atoms with Crippen LogP contribution in [-0.4, -0.2) is 28.2 Å². The van der Waals surface area contributed by atoms with E-state index in [0.29, 0.717) is 12.0 Å². The number of methoxy groups -OCH3 is 1. The van der Waals surface area contributed by atoms with Gasteiger partial charge in [-0.1, -0.05) is 32.1 Å². The van der Waals surface area contributed by atoms with Crippen LogP contribution in [0.4, 0.5) is 0 Å². The molecule has 2 aliphatic rings. The van der Waals surface area contributed by atoms with Gasteiger partial charge in [-0.05, 0) is 51.4 Å². The zero-order chi connectivity index (χ0) is 19.3. The zero-order valence-corrected chi connectivity index (χ0v) is 18.3. The van der Waals surface area contributed by atoms with Gasteiger partial charge in [-0.25, -0.2) is 9.97 Å². The van der Waals surface area contributed by atoms with Gasteiger partial charge in [0.1, 0.15) is 5.82 Å². The number of aryl methyl sites for hydroxylation is 2. The van der Waals surface area contributed by atoms with Gasteiger partial charge in [0, 0.05) is 36.2 Å². The average Bonchev–Trinajstić information content (AvgIpc) is 3.33. The Morgan fingerprint density at radius 1 is 1.11 bits per heavy atom. The van der Waals surface area contributed by atoms with Crippen LogP contribution in [0.15, 0.2) is 6.20 Å². The third kappa shape index (κ3) is 5.04. The van der Waals surface area contributed by atoms with Crippen molar-refractivity contribution in [1.29, 1.82) is 0 Å². The highest BCUT2D eigenvalue weighted by Gasteiger charge is 2.27. The van der Waals surface area contributed by atoms with E-state index in [2.05, 4.69) is 16.9 Å². The third-order valence-electron chi connectivity index (χ3n) is 6.79. The second-order valence-corrected chi connectivity index (χ2v) is 10.1. The highest BCUT2D eigenvalue weighted by atomic mass is 32.1. The molecule has 1 N–H and O–H groups in total. The topological polar surface area (TPSA) is 50.8 Å². The lowest BCUT2D eigenvalue weighted by molar-refractivity contribution is 0.0654. The molecule has 4 rings (SSSR count). The van der Waals surface area contributed by atoms with Crippen LogP contribution in [0.5, 0.6) is 0 Å². The molecule has 5 heteroatoms. The lowest BCUT2D eigenvalue weighted by Crippen LogP contribution is -2.20. The van der Waals surface area contributed by atoms with Crippen LogP contribution >= 0.6 is 11.3 Å². The second kappa shape index (κ2) is 9.53. The highest BCUT2D eigenvalue weighted by Crippen LogP contribution is 2.36. The number of rotatable bonds is 7. The average molecular weight is 402 g/mol. The zero-order valence-electron chi connectivity index (χ0n) is 17.5. The van der Waals surface area contributed by atoms with Crippen molar-refractivity contribution in [1.82, 2.24) is 15.0 Å². The standard InChI is InChI=1S/C23H35N3OS/c1-16-24-15-20(28-16)14-22-25-21(13-8-17-6-4-3-5-7-17)23(26-22)18-9-11-19(27-2)12-10-18/h15,17-19H,3-14H2,1-2H3,(H,25,26). The fourth-order valence-corrected chi connectivity index (χ4v) is 5.94. The van der Waals surface area contributed by atoms with Gasteiger partial charge in [0.25, 0.3) is 0 Å². The van der Waals surface area contributed by atoms with E-state index in [4.69, 9.17) is 9.72 Å². The third-order valence-corrected chi connectivity index (χ3v) is 7.70. The molecule has 0 spiro atoms. The second-order valence-electron chi connectivity index (χ2n) is 8.82. The van der Waals surface area contributed by atoms with Crippen LogP contribution in [0, 0.1) is 12.8 Å². The van der Waals surface area contributed by atoms with E-state index in [0.717, 1.165) is 23.2 Å². The number of ether oxygens (including phenoxy) is 1. The van der Waals surface area contributed by atoms with Gasteiger partial charge in [-0.3, -0.25) is 0 Å². The minimum absolute atomic E-state index is 0.445. The summed E-state index contributed by atoms with van der Waals surface area (Å²) in [4.78, 5) is 14.6. The summed E-state index contributed by atoms with van der Waals surface area (Å²) in [7, 11) is 1.85. The van der Waals surface area contributed by atoms with Gasteiger partial charge < -0.3 is 9.72 Å². The van der Waals surface area contributed by atoms with Crippen molar-refractivity contribution in [2.45, 2.75) is 96.0 Å². The molecule has 0 bridgehead atoms. The lowest BCUT2D eigenvalue weighted by Gasteiger charge is -2.27. The summed E-state index contributed by atoms with van der Waals surface area (Å²) >= 11 is 1.78. The van der Waals surface area contributed by atoms with E-state index >= 15 is 0 Å². The molecule has 2 aromatic heterocycles. The SMILES string of the molecule is COC1CCC(c2nc(Cc3cnc(C)s3)[nH]c2CCC2CCCCC2)CC1. The predicted octanol–water partition coefficient (Wildman–Crippen LogP) is 5.95. The summed E-state index contributed by atoms with van der Waals surface area (Å²) in [5.41, 5.74) is 2.78. The van der Waals surface area contributed by atoms with Crippen molar-refractivity contribution in [3.63, 3.8) is 0 Å². The Balaban J connectivity index is 1.48. The number of H-pyrrole nitrogens is 1. The molecule has 0 radical (unpaired) electrons. The number of thiazole rings is 1. The Bertz CT molecular complexity index is 739. The van der Waals surface area contributed by atoms with E-state index in [1.165, 1.54) is 86.9 Å². The molecular weight excluding hydrogens is 366 g/mol. The molecular formula is C23H35N3OS. The Kier molecular flexibility index (Phi) is 6.84. The largest absolute Gasteiger partial charge is 0.381 e. The molecule has 2 saturated carbocycles. The summed E-state index contributed by atoms with van der Waals surface area (Å²) in [5, 5.41) is 1.14. The van der Waals surface area contributed by atoms with E-state index in [-0.39, 0.29) is 0 Å². The Morgan fingerprint density at radius 3 is 2.57 bits per heavy atom. The van der Waals surface area contributed by atoms with Crippen LogP contribution < -0.4 is 0 Å². The Morgan fingerprint density at radius 2 is 1.89 bits per heavy atom. The molecule has 2 heterocycles. The summed E-state index contributed by atoms with van der Waals surface area (Å²) in [6.07, 6.45) is 17.7. The number of hydrogen-bond acceptors (Lipinski definition) is 4.